The number of halogens is 1. The van der Waals surface area contributed by atoms with Crippen molar-refractivity contribution in [3.05, 3.63) is 41.2 Å². The van der Waals surface area contributed by atoms with Crippen molar-refractivity contribution in [1.29, 1.82) is 0 Å². The SMILES string of the molecule is Fc1ccc(-c2nc(CSc3nnnn3CC3CCCO3)cs2)cc1. The van der Waals surface area contributed by atoms with Gasteiger partial charge in [0.05, 0.1) is 18.3 Å². The molecule has 0 bridgehead atoms. The number of tetrazole rings is 1. The van der Waals surface area contributed by atoms with Gasteiger partial charge >= 0.3 is 0 Å². The van der Waals surface area contributed by atoms with Gasteiger partial charge in [0, 0.05) is 23.3 Å². The maximum Gasteiger partial charge on any atom is 0.209 e. The molecule has 6 nitrogen and oxygen atoms in total. The van der Waals surface area contributed by atoms with Crippen LogP contribution in [0.3, 0.4) is 0 Å². The zero-order valence-electron chi connectivity index (χ0n) is 13.3. The summed E-state index contributed by atoms with van der Waals surface area (Å²) in [7, 11) is 0. The molecule has 0 spiro atoms. The van der Waals surface area contributed by atoms with E-state index in [-0.39, 0.29) is 11.9 Å². The van der Waals surface area contributed by atoms with E-state index in [1.54, 1.807) is 39.9 Å². The van der Waals surface area contributed by atoms with Crippen molar-refractivity contribution in [3.8, 4) is 10.6 Å². The highest BCUT2D eigenvalue weighted by atomic mass is 32.2. The smallest absolute Gasteiger partial charge is 0.209 e. The second-order valence-corrected chi connectivity index (χ2v) is 7.52. The van der Waals surface area contributed by atoms with E-state index in [1.165, 1.54) is 12.1 Å². The summed E-state index contributed by atoms with van der Waals surface area (Å²) in [6.07, 6.45) is 2.35. The molecule has 1 aromatic carbocycles. The van der Waals surface area contributed by atoms with Gasteiger partial charge in [0.1, 0.15) is 10.8 Å². The summed E-state index contributed by atoms with van der Waals surface area (Å²) in [4.78, 5) is 4.62. The number of benzene rings is 1. The fraction of sp³-hybridized carbons (Fsp3) is 0.375. The number of thioether (sulfide) groups is 1. The van der Waals surface area contributed by atoms with Gasteiger partial charge in [0.25, 0.3) is 0 Å². The van der Waals surface area contributed by atoms with Crippen LogP contribution in [0.25, 0.3) is 10.6 Å². The lowest BCUT2D eigenvalue weighted by molar-refractivity contribution is 0.0912. The minimum atomic E-state index is -0.242. The van der Waals surface area contributed by atoms with E-state index in [0.29, 0.717) is 12.3 Å². The topological polar surface area (TPSA) is 65.7 Å². The van der Waals surface area contributed by atoms with Crippen LogP contribution in [0.2, 0.25) is 0 Å². The molecular weight excluding hydrogens is 361 g/mol. The summed E-state index contributed by atoms with van der Waals surface area (Å²) in [6, 6.07) is 6.38. The molecule has 130 valence electrons. The Morgan fingerprint density at radius 3 is 3.00 bits per heavy atom. The molecule has 9 heteroatoms. The molecule has 3 heterocycles. The summed E-state index contributed by atoms with van der Waals surface area (Å²) in [6.45, 7) is 1.51. The molecule has 0 radical (unpaired) electrons. The van der Waals surface area contributed by atoms with Crippen LogP contribution in [-0.4, -0.2) is 37.9 Å². The zero-order chi connectivity index (χ0) is 17.1. The molecule has 1 aliphatic heterocycles. The van der Waals surface area contributed by atoms with Crippen LogP contribution >= 0.6 is 23.1 Å². The Balaban J connectivity index is 1.39. The van der Waals surface area contributed by atoms with Crippen molar-refractivity contribution in [2.24, 2.45) is 0 Å². The number of hydrogen-bond donors (Lipinski definition) is 0. The van der Waals surface area contributed by atoms with Crippen LogP contribution in [0.5, 0.6) is 0 Å². The predicted molar refractivity (Wildman–Crippen MR) is 93.9 cm³/mol. The molecule has 1 saturated heterocycles. The van der Waals surface area contributed by atoms with Crippen molar-refractivity contribution < 1.29 is 9.13 Å². The number of ether oxygens (including phenoxy) is 1. The van der Waals surface area contributed by atoms with Gasteiger partial charge in [0.15, 0.2) is 0 Å². The molecule has 1 unspecified atom stereocenters. The molecule has 1 aliphatic rings. The lowest BCUT2D eigenvalue weighted by Gasteiger charge is -2.09. The van der Waals surface area contributed by atoms with Crippen molar-refractivity contribution in [2.45, 2.75) is 36.4 Å². The van der Waals surface area contributed by atoms with Crippen LogP contribution in [0.15, 0.2) is 34.8 Å². The van der Waals surface area contributed by atoms with Crippen molar-refractivity contribution >= 4 is 23.1 Å². The van der Waals surface area contributed by atoms with Gasteiger partial charge in [-0.1, -0.05) is 11.8 Å². The third-order valence-electron chi connectivity index (χ3n) is 3.89. The molecule has 0 saturated carbocycles. The van der Waals surface area contributed by atoms with Gasteiger partial charge in [0.2, 0.25) is 5.16 Å². The van der Waals surface area contributed by atoms with E-state index in [1.807, 2.05) is 5.38 Å². The molecule has 4 rings (SSSR count). The monoisotopic (exact) mass is 377 g/mol. The van der Waals surface area contributed by atoms with Crippen molar-refractivity contribution in [1.82, 2.24) is 25.2 Å². The number of rotatable bonds is 6. The van der Waals surface area contributed by atoms with Gasteiger partial charge in [-0.3, -0.25) is 0 Å². The Kier molecular flexibility index (Phi) is 5.04. The van der Waals surface area contributed by atoms with Gasteiger partial charge in [-0.2, -0.15) is 0 Å². The fourth-order valence-electron chi connectivity index (χ4n) is 2.63. The van der Waals surface area contributed by atoms with E-state index in [2.05, 4.69) is 20.5 Å². The summed E-state index contributed by atoms with van der Waals surface area (Å²) in [5.74, 6) is 0.443. The zero-order valence-corrected chi connectivity index (χ0v) is 15.0. The highest BCUT2D eigenvalue weighted by molar-refractivity contribution is 7.98. The van der Waals surface area contributed by atoms with Crippen LogP contribution in [0, 0.1) is 5.82 Å². The highest BCUT2D eigenvalue weighted by Gasteiger charge is 2.19. The van der Waals surface area contributed by atoms with Crippen molar-refractivity contribution in [3.63, 3.8) is 0 Å². The number of hydrogen-bond acceptors (Lipinski definition) is 7. The quantitative estimate of drug-likeness (QED) is 0.614. The first-order chi connectivity index (χ1) is 12.3. The first kappa shape index (κ1) is 16.6. The second-order valence-electron chi connectivity index (χ2n) is 5.72. The van der Waals surface area contributed by atoms with Gasteiger partial charge in [-0.25, -0.2) is 14.1 Å². The largest absolute Gasteiger partial charge is 0.376 e. The second kappa shape index (κ2) is 7.59. The Morgan fingerprint density at radius 2 is 2.20 bits per heavy atom. The first-order valence-corrected chi connectivity index (χ1v) is 9.85. The van der Waals surface area contributed by atoms with Gasteiger partial charge < -0.3 is 4.74 Å². The van der Waals surface area contributed by atoms with E-state index >= 15 is 0 Å². The molecule has 1 fully saturated rings. The molecular formula is C16H16FN5OS2. The average Bonchev–Trinajstić information content (AvgIpc) is 3.36. The standard InChI is InChI=1S/C16H16FN5OS2/c17-12-5-3-11(4-6-12)15-18-13(9-24-15)10-25-16-19-20-21-22(16)8-14-2-1-7-23-14/h3-6,9,14H,1-2,7-8,10H2. The normalized spacial score (nSPS) is 17.2. The lowest BCUT2D eigenvalue weighted by Crippen LogP contribution is -2.16. The minimum Gasteiger partial charge on any atom is -0.376 e. The Bertz CT molecular complexity index is 829. The summed E-state index contributed by atoms with van der Waals surface area (Å²) in [5.41, 5.74) is 1.88. The van der Waals surface area contributed by atoms with E-state index in [0.717, 1.165) is 40.9 Å². The summed E-state index contributed by atoms with van der Waals surface area (Å²) >= 11 is 3.11. The third kappa shape index (κ3) is 4.05. The first-order valence-electron chi connectivity index (χ1n) is 7.99. The molecule has 25 heavy (non-hydrogen) atoms. The molecule has 3 aromatic rings. The molecule has 0 amide bonds. The maximum atomic E-state index is 13.0. The third-order valence-corrected chi connectivity index (χ3v) is 5.82. The predicted octanol–water partition coefficient (Wildman–Crippen LogP) is 3.41. The molecule has 0 aliphatic carbocycles. The maximum absolute atomic E-state index is 13.0. The van der Waals surface area contributed by atoms with Crippen molar-refractivity contribution in [2.75, 3.05) is 6.61 Å². The minimum absolute atomic E-state index is 0.201. The Hall–Kier alpha value is -1.84. The average molecular weight is 377 g/mol. The lowest BCUT2D eigenvalue weighted by atomic mass is 10.2. The molecule has 0 N–H and O–H groups in total. The fourth-order valence-corrected chi connectivity index (χ4v) is 4.34. The van der Waals surface area contributed by atoms with Gasteiger partial charge in [-0.15, -0.1) is 16.4 Å². The summed E-state index contributed by atoms with van der Waals surface area (Å²) < 4.78 is 20.5. The highest BCUT2D eigenvalue weighted by Crippen LogP contribution is 2.27. The van der Waals surface area contributed by atoms with Crippen LogP contribution in [-0.2, 0) is 17.0 Å². The van der Waals surface area contributed by atoms with Crippen LogP contribution < -0.4 is 0 Å². The number of aromatic nitrogens is 5. The van der Waals surface area contributed by atoms with Crippen LogP contribution in [0.1, 0.15) is 18.5 Å². The molecule has 2 aromatic heterocycles. The van der Waals surface area contributed by atoms with E-state index < -0.39 is 0 Å². The van der Waals surface area contributed by atoms with E-state index in [9.17, 15) is 4.39 Å². The van der Waals surface area contributed by atoms with Gasteiger partial charge in [-0.05, 0) is 47.5 Å². The Labute approximate surface area is 152 Å². The molecule has 1 atom stereocenters. The van der Waals surface area contributed by atoms with E-state index in [4.69, 9.17) is 4.74 Å². The number of nitrogens with zero attached hydrogens (tertiary/aromatic N) is 5. The number of thiazole rings is 1. The van der Waals surface area contributed by atoms with Crippen LogP contribution in [0.4, 0.5) is 4.39 Å². The Morgan fingerprint density at radius 1 is 1.32 bits per heavy atom. The summed E-state index contributed by atoms with van der Waals surface area (Å²) in [5, 5.41) is 15.6.